The number of carbonyl (C=O) groups is 1. The summed E-state index contributed by atoms with van der Waals surface area (Å²) in [6.45, 7) is 0.779. The van der Waals surface area contributed by atoms with E-state index in [0.717, 1.165) is 25.3 Å². The number of benzene rings is 1. The number of halogens is 1. The van der Waals surface area contributed by atoms with Crippen LogP contribution in [-0.4, -0.2) is 29.3 Å². The van der Waals surface area contributed by atoms with Gasteiger partial charge < -0.3 is 15.5 Å². The first-order chi connectivity index (χ1) is 9.11. The number of aromatic carboxylic acids is 1. The Morgan fingerprint density at radius 2 is 2.11 bits per heavy atom. The lowest BCUT2D eigenvalue weighted by Crippen LogP contribution is -2.21. The van der Waals surface area contributed by atoms with Crippen molar-refractivity contribution in [3.8, 4) is 0 Å². The number of hydrogen-bond acceptors (Lipinski definition) is 3. The second-order valence-electron chi connectivity index (χ2n) is 5.01. The predicted octanol–water partition coefficient (Wildman–Crippen LogP) is 2.34. The van der Waals surface area contributed by atoms with E-state index in [2.05, 4.69) is 5.32 Å². The quantitative estimate of drug-likeness (QED) is 0.766. The molecule has 1 aliphatic carbocycles. The Balaban J connectivity index is 1.98. The van der Waals surface area contributed by atoms with Gasteiger partial charge in [-0.3, -0.25) is 0 Å². The van der Waals surface area contributed by atoms with Crippen molar-refractivity contribution >= 4 is 11.7 Å². The topological polar surface area (TPSA) is 69.6 Å². The summed E-state index contributed by atoms with van der Waals surface area (Å²) in [7, 11) is 0. The van der Waals surface area contributed by atoms with Gasteiger partial charge in [0.1, 0.15) is 5.82 Å². The standard InChI is InChI=1S/C14H18FNO3/c15-12-6-9(14(18)19)4-5-13(12)16-7-10-2-1-3-11(10)8-17/h4-6,10-11,16-17H,1-3,7-8H2,(H,18,19). The van der Waals surface area contributed by atoms with Crippen LogP contribution in [0.2, 0.25) is 0 Å². The molecule has 1 aliphatic rings. The van der Waals surface area contributed by atoms with Gasteiger partial charge in [0.25, 0.3) is 0 Å². The van der Waals surface area contributed by atoms with E-state index in [-0.39, 0.29) is 18.1 Å². The maximum Gasteiger partial charge on any atom is 0.335 e. The number of carboxylic acids is 1. The maximum atomic E-state index is 13.7. The highest BCUT2D eigenvalue weighted by Crippen LogP contribution is 2.31. The van der Waals surface area contributed by atoms with E-state index in [0.29, 0.717) is 18.2 Å². The fourth-order valence-corrected chi connectivity index (χ4v) is 2.66. The summed E-state index contributed by atoms with van der Waals surface area (Å²) in [4.78, 5) is 10.7. The molecule has 2 rings (SSSR count). The van der Waals surface area contributed by atoms with Crippen molar-refractivity contribution in [1.82, 2.24) is 0 Å². The van der Waals surface area contributed by atoms with E-state index < -0.39 is 11.8 Å². The molecule has 0 spiro atoms. The van der Waals surface area contributed by atoms with Crippen molar-refractivity contribution in [2.45, 2.75) is 19.3 Å². The van der Waals surface area contributed by atoms with Crippen LogP contribution in [-0.2, 0) is 0 Å². The number of nitrogens with one attached hydrogen (secondary N) is 1. The van der Waals surface area contributed by atoms with E-state index in [1.54, 1.807) is 0 Å². The fourth-order valence-electron chi connectivity index (χ4n) is 2.66. The maximum absolute atomic E-state index is 13.7. The van der Waals surface area contributed by atoms with Gasteiger partial charge in [0.15, 0.2) is 0 Å². The molecule has 1 aromatic rings. The molecule has 3 N–H and O–H groups in total. The molecule has 0 aliphatic heterocycles. The molecule has 0 bridgehead atoms. The van der Waals surface area contributed by atoms with E-state index >= 15 is 0 Å². The summed E-state index contributed by atoms with van der Waals surface area (Å²) >= 11 is 0. The smallest absolute Gasteiger partial charge is 0.335 e. The Kier molecular flexibility index (Phi) is 4.37. The summed E-state index contributed by atoms with van der Waals surface area (Å²) in [5.74, 6) is -1.06. The summed E-state index contributed by atoms with van der Waals surface area (Å²) in [6, 6.07) is 3.84. The van der Waals surface area contributed by atoms with E-state index in [4.69, 9.17) is 5.11 Å². The predicted molar refractivity (Wildman–Crippen MR) is 69.8 cm³/mol. The van der Waals surface area contributed by atoms with Crippen molar-refractivity contribution < 1.29 is 19.4 Å². The highest BCUT2D eigenvalue weighted by atomic mass is 19.1. The number of carboxylic acid groups (broad SMARTS) is 1. The Morgan fingerprint density at radius 3 is 2.74 bits per heavy atom. The minimum atomic E-state index is -1.14. The van der Waals surface area contributed by atoms with Crippen LogP contribution in [0.15, 0.2) is 18.2 Å². The molecule has 104 valence electrons. The third kappa shape index (κ3) is 3.23. The molecule has 0 amide bonds. The van der Waals surface area contributed by atoms with Crippen LogP contribution in [0.3, 0.4) is 0 Å². The molecule has 0 aromatic heterocycles. The van der Waals surface area contributed by atoms with E-state index in [9.17, 15) is 14.3 Å². The molecular weight excluding hydrogens is 249 g/mol. The number of anilines is 1. The van der Waals surface area contributed by atoms with Crippen LogP contribution in [0.1, 0.15) is 29.6 Å². The zero-order valence-corrected chi connectivity index (χ0v) is 10.6. The molecule has 1 aromatic carbocycles. The molecule has 5 heteroatoms. The SMILES string of the molecule is O=C(O)c1ccc(NCC2CCCC2CO)c(F)c1. The summed E-state index contributed by atoms with van der Waals surface area (Å²) in [5, 5.41) is 21.0. The first-order valence-electron chi connectivity index (χ1n) is 6.49. The summed E-state index contributed by atoms with van der Waals surface area (Å²) in [5.41, 5.74) is 0.255. The Hall–Kier alpha value is -1.62. The zero-order valence-electron chi connectivity index (χ0n) is 10.6. The lowest BCUT2D eigenvalue weighted by Gasteiger charge is -2.18. The van der Waals surface area contributed by atoms with Gasteiger partial charge in [0.05, 0.1) is 11.3 Å². The number of rotatable bonds is 5. The lowest BCUT2D eigenvalue weighted by molar-refractivity contribution is 0.0696. The van der Waals surface area contributed by atoms with Crippen molar-refractivity contribution in [2.24, 2.45) is 11.8 Å². The monoisotopic (exact) mass is 267 g/mol. The summed E-state index contributed by atoms with van der Waals surface area (Å²) in [6.07, 6.45) is 3.15. The second kappa shape index (κ2) is 6.02. The molecule has 0 saturated heterocycles. The highest BCUT2D eigenvalue weighted by molar-refractivity contribution is 5.88. The molecule has 19 heavy (non-hydrogen) atoms. The molecule has 2 atom stereocenters. The average Bonchev–Trinajstić information content (AvgIpc) is 2.84. The van der Waals surface area contributed by atoms with Gasteiger partial charge in [-0.05, 0) is 42.9 Å². The zero-order chi connectivity index (χ0) is 13.8. The number of aliphatic hydroxyl groups is 1. The van der Waals surface area contributed by atoms with Crippen LogP contribution in [0, 0.1) is 17.7 Å². The molecule has 1 saturated carbocycles. The Morgan fingerprint density at radius 1 is 1.37 bits per heavy atom. The fraction of sp³-hybridized carbons (Fsp3) is 0.500. The van der Waals surface area contributed by atoms with Gasteiger partial charge in [-0.15, -0.1) is 0 Å². The van der Waals surface area contributed by atoms with Crippen molar-refractivity contribution in [1.29, 1.82) is 0 Å². The molecule has 4 nitrogen and oxygen atoms in total. The van der Waals surface area contributed by atoms with Gasteiger partial charge in [-0.25, -0.2) is 9.18 Å². The van der Waals surface area contributed by atoms with E-state index in [1.807, 2.05) is 0 Å². The first-order valence-corrected chi connectivity index (χ1v) is 6.49. The van der Waals surface area contributed by atoms with Gasteiger partial charge in [0.2, 0.25) is 0 Å². The van der Waals surface area contributed by atoms with Crippen molar-refractivity contribution in [2.75, 3.05) is 18.5 Å². The third-order valence-electron chi connectivity index (χ3n) is 3.82. The Bertz CT molecular complexity index is 464. The van der Waals surface area contributed by atoms with Crippen LogP contribution in [0.5, 0.6) is 0 Å². The molecule has 0 radical (unpaired) electrons. The Labute approximate surface area is 111 Å². The number of aliphatic hydroxyl groups excluding tert-OH is 1. The second-order valence-corrected chi connectivity index (χ2v) is 5.01. The minimum absolute atomic E-state index is 0.0582. The van der Waals surface area contributed by atoms with Crippen LogP contribution >= 0.6 is 0 Å². The normalized spacial score (nSPS) is 22.4. The highest BCUT2D eigenvalue weighted by Gasteiger charge is 2.26. The first kappa shape index (κ1) is 13.8. The van der Waals surface area contributed by atoms with Crippen LogP contribution in [0.25, 0.3) is 0 Å². The van der Waals surface area contributed by atoms with Gasteiger partial charge >= 0.3 is 5.97 Å². The van der Waals surface area contributed by atoms with Gasteiger partial charge in [-0.1, -0.05) is 6.42 Å². The molecular formula is C14H18FNO3. The summed E-state index contributed by atoms with van der Waals surface area (Å²) < 4.78 is 13.7. The van der Waals surface area contributed by atoms with Crippen molar-refractivity contribution in [3.05, 3.63) is 29.6 Å². The largest absolute Gasteiger partial charge is 0.478 e. The van der Waals surface area contributed by atoms with Crippen LogP contribution < -0.4 is 5.32 Å². The molecule has 0 heterocycles. The van der Waals surface area contributed by atoms with Gasteiger partial charge in [0, 0.05) is 13.2 Å². The van der Waals surface area contributed by atoms with Crippen molar-refractivity contribution in [3.63, 3.8) is 0 Å². The minimum Gasteiger partial charge on any atom is -0.478 e. The molecule has 1 fully saturated rings. The lowest BCUT2D eigenvalue weighted by atomic mass is 9.97. The number of hydrogen-bond donors (Lipinski definition) is 3. The third-order valence-corrected chi connectivity index (χ3v) is 3.82. The average molecular weight is 267 g/mol. The molecule has 2 unspecified atom stereocenters. The van der Waals surface area contributed by atoms with Gasteiger partial charge in [-0.2, -0.15) is 0 Å². The van der Waals surface area contributed by atoms with Crippen LogP contribution in [0.4, 0.5) is 10.1 Å². The van der Waals surface area contributed by atoms with E-state index in [1.165, 1.54) is 12.1 Å².